The second-order valence-electron chi connectivity index (χ2n) is 11.5. The number of carbonyl (C=O) groups excluding carboxylic acids is 2. The molecule has 14 heteroatoms. The highest BCUT2D eigenvalue weighted by Gasteiger charge is 2.33. The van der Waals surface area contributed by atoms with Gasteiger partial charge < -0.3 is 30.1 Å². The lowest BCUT2D eigenvalue weighted by molar-refractivity contribution is -0.126. The maximum atomic E-state index is 13.8. The molecule has 0 unspecified atom stereocenters. The summed E-state index contributed by atoms with van der Waals surface area (Å²) in [6.07, 6.45) is 6.58. The molecule has 3 aromatic heterocycles. The van der Waals surface area contributed by atoms with Gasteiger partial charge in [-0.05, 0) is 55.7 Å². The number of amides is 2. The van der Waals surface area contributed by atoms with Crippen molar-refractivity contribution in [1.82, 2.24) is 19.9 Å². The predicted octanol–water partition coefficient (Wildman–Crippen LogP) is 6.34. The maximum Gasteiger partial charge on any atom is 0.267 e. The molecule has 4 aromatic rings. The van der Waals surface area contributed by atoms with Crippen LogP contribution in [0.15, 0.2) is 61.4 Å². The van der Waals surface area contributed by atoms with Crippen LogP contribution >= 0.6 is 22.9 Å². The molecule has 6 rings (SSSR count). The molecular weight excluding hydrogens is 655 g/mol. The zero-order valence-electron chi connectivity index (χ0n) is 26.7. The topological polar surface area (TPSA) is 116 Å². The SMILES string of the molecule is C=CC(=O)N1CCN(c2ncc(-c3ccc(OC)c(Nc4ncc(C(=O)Nc5c(C)cccc5Cl)s4)n3)cc2N(CCF)C2CC2)CC1. The first-order valence-corrected chi connectivity index (χ1v) is 16.8. The molecule has 1 aliphatic heterocycles. The number of ether oxygens (including phenoxy) is 1. The van der Waals surface area contributed by atoms with Crippen molar-refractivity contribution in [1.29, 1.82) is 0 Å². The van der Waals surface area contributed by atoms with Gasteiger partial charge in [0.15, 0.2) is 22.5 Å². The van der Waals surface area contributed by atoms with Crippen LogP contribution in [0.5, 0.6) is 5.75 Å². The predicted molar refractivity (Wildman–Crippen MR) is 189 cm³/mol. The molecule has 1 aromatic carbocycles. The van der Waals surface area contributed by atoms with Crippen molar-refractivity contribution in [3.05, 3.63) is 76.9 Å². The molecule has 2 amide bonds. The Balaban J connectivity index is 1.26. The van der Waals surface area contributed by atoms with Gasteiger partial charge in [-0.3, -0.25) is 9.59 Å². The average Bonchev–Trinajstić information content (AvgIpc) is 3.85. The smallest absolute Gasteiger partial charge is 0.267 e. The summed E-state index contributed by atoms with van der Waals surface area (Å²) in [6.45, 7) is 7.56. The zero-order chi connectivity index (χ0) is 33.8. The van der Waals surface area contributed by atoms with Crippen LogP contribution in [-0.4, -0.2) is 84.2 Å². The van der Waals surface area contributed by atoms with Crippen molar-refractivity contribution in [2.45, 2.75) is 25.8 Å². The second kappa shape index (κ2) is 14.6. The summed E-state index contributed by atoms with van der Waals surface area (Å²) in [4.78, 5) is 45.7. The number of para-hydroxylation sites is 1. The Kier molecular flexibility index (Phi) is 10.1. The van der Waals surface area contributed by atoms with Crippen LogP contribution < -0.4 is 25.2 Å². The largest absolute Gasteiger partial charge is 0.493 e. The number of hydrogen-bond acceptors (Lipinski definition) is 10. The van der Waals surface area contributed by atoms with Gasteiger partial charge in [0, 0.05) is 50.5 Å². The van der Waals surface area contributed by atoms with E-state index < -0.39 is 6.67 Å². The lowest BCUT2D eigenvalue weighted by Crippen LogP contribution is -2.49. The summed E-state index contributed by atoms with van der Waals surface area (Å²) >= 11 is 7.47. The third kappa shape index (κ3) is 7.21. The number of nitrogens with zero attached hydrogens (tertiary/aromatic N) is 6. The number of carbonyl (C=O) groups is 2. The van der Waals surface area contributed by atoms with E-state index in [0.717, 1.165) is 35.5 Å². The third-order valence-corrected chi connectivity index (χ3v) is 9.55. The van der Waals surface area contributed by atoms with E-state index in [0.29, 0.717) is 64.2 Å². The van der Waals surface area contributed by atoms with E-state index >= 15 is 0 Å². The van der Waals surface area contributed by atoms with Crippen LogP contribution in [0.25, 0.3) is 11.3 Å². The molecule has 0 atom stereocenters. The molecule has 1 saturated carbocycles. The van der Waals surface area contributed by atoms with Crippen molar-refractivity contribution in [2.24, 2.45) is 0 Å². The Hall–Kier alpha value is -4.75. The molecule has 250 valence electrons. The first kappa shape index (κ1) is 33.2. The van der Waals surface area contributed by atoms with Gasteiger partial charge in [0.1, 0.15) is 11.6 Å². The normalized spacial score (nSPS) is 14.4. The number of hydrogen-bond donors (Lipinski definition) is 2. The fourth-order valence-corrected chi connectivity index (χ4v) is 6.63. The molecule has 2 fully saturated rings. The minimum atomic E-state index is -0.484. The second-order valence-corrected chi connectivity index (χ2v) is 12.9. The number of aryl methyl sites for hydroxylation is 1. The highest BCUT2D eigenvalue weighted by Crippen LogP contribution is 2.40. The van der Waals surface area contributed by atoms with Crippen LogP contribution in [0.4, 0.5) is 32.5 Å². The molecule has 11 nitrogen and oxygen atoms in total. The summed E-state index contributed by atoms with van der Waals surface area (Å²) in [5, 5.41) is 6.97. The van der Waals surface area contributed by atoms with E-state index in [4.69, 9.17) is 26.3 Å². The van der Waals surface area contributed by atoms with Gasteiger partial charge in [0.25, 0.3) is 5.91 Å². The monoisotopic (exact) mass is 690 g/mol. The van der Waals surface area contributed by atoms with E-state index in [1.165, 1.54) is 23.6 Å². The molecule has 0 bridgehead atoms. The van der Waals surface area contributed by atoms with Gasteiger partial charge in [0.05, 0.1) is 35.4 Å². The van der Waals surface area contributed by atoms with Crippen LogP contribution in [-0.2, 0) is 4.79 Å². The molecule has 1 aliphatic carbocycles. The summed E-state index contributed by atoms with van der Waals surface area (Å²) < 4.78 is 19.4. The summed E-state index contributed by atoms with van der Waals surface area (Å²) in [7, 11) is 1.55. The number of benzene rings is 1. The number of halogens is 2. The number of rotatable bonds is 12. The van der Waals surface area contributed by atoms with Crippen LogP contribution in [0.3, 0.4) is 0 Å². The number of nitrogens with one attached hydrogen (secondary N) is 2. The highest BCUT2D eigenvalue weighted by molar-refractivity contribution is 7.17. The van der Waals surface area contributed by atoms with Gasteiger partial charge in [-0.25, -0.2) is 19.3 Å². The Morgan fingerprint density at radius 1 is 1.17 bits per heavy atom. The van der Waals surface area contributed by atoms with Gasteiger partial charge in [-0.2, -0.15) is 0 Å². The van der Waals surface area contributed by atoms with Gasteiger partial charge in [-0.15, -0.1) is 0 Å². The van der Waals surface area contributed by atoms with Crippen molar-refractivity contribution < 1.29 is 18.7 Å². The molecule has 48 heavy (non-hydrogen) atoms. The fourth-order valence-electron chi connectivity index (χ4n) is 5.65. The zero-order valence-corrected chi connectivity index (χ0v) is 28.3. The molecule has 0 spiro atoms. The van der Waals surface area contributed by atoms with E-state index in [2.05, 4.69) is 32.0 Å². The van der Waals surface area contributed by atoms with E-state index in [1.807, 2.05) is 31.2 Å². The summed E-state index contributed by atoms with van der Waals surface area (Å²) in [5.41, 5.74) is 3.62. The van der Waals surface area contributed by atoms with E-state index in [9.17, 15) is 14.0 Å². The quantitative estimate of drug-likeness (QED) is 0.164. The Bertz CT molecular complexity index is 1810. The number of methoxy groups -OCH3 is 1. The van der Waals surface area contributed by atoms with E-state index in [1.54, 1.807) is 30.3 Å². The summed E-state index contributed by atoms with van der Waals surface area (Å²) in [6, 6.07) is 11.3. The Morgan fingerprint density at radius 2 is 1.96 bits per heavy atom. The Morgan fingerprint density at radius 3 is 2.65 bits per heavy atom. The van der Waals surface area contributed by atoms with Crippen LogP contribution in [0, 0.1) is 6.92 Å². The first-order valence-electron chi connectivity index (χ1n) is 15.6. The lowest BCUT2D eigenvalue weighted by atomic mass is 10.1. The van der Waals surface area contributed by atoms with Crippen molar-refractivity contribution in [3.8, 4) is 17.0 Å². The fraction of sp³-hybridized carbons (Fsp3) is 0.324. The average molecular weight is 691 g/mol. The van der Waals surface area contributed by atoms with Gasteiger partial charge >= 0.3 is 0 Å². The van der Waals surface area contributed by atoms with Crippen LogP contribution in [0.1, 0.15) is 28.1 Å². The van der Waals surface area contributed by atoms with Crippen LogP contribution in [0.2, 0.25) is 5.02 Å². The number of alkyl halides is 1. The van der Waals surface area contributed by atoms with Gasteiger partial charge in [-0.1, -0.05) is 41.6 Å². The third-order valence-electron chi connectivity index (χ3n) is 8.32. The number of piperazine rings is 1. The number of pyridine rings is 2. The molecule has 2 aliphatic rings. The lowest BCUT2D eigenvalue weighted by Gasteiger charge is -2.37. The number of aromatic nitrogens is 3. The maximum absolute atomic E-state index is 13.8. The standard InChI is InChI=1S/C34H36ClFN8O3S/c1-4-29(45)42-14-16-43(17-15-42)32-26(44(13-12-36)23-8-9-23)18-22(19-37-32)25-10-11-27(47-3)31(39-25)41-34-38-20-28(48-34)33(46)40-30-21(2)6-5-7-24(30)35/h4-7,10-11,18-20,23H,1,8-9,12-17H2,2-3H3,(H,40,46)(H,38,39,41). The molecule has 1 saturated heterocycles. The highest BCUT2D eigenvalue weighted by atomic mass is 35.5. The molecule has 0 radical (unpaired) electrons. The summed E-state index contributed by atoms with van der Waals surface area (Å²) in [5.74, 6) is 1.24. The molecule has 4 heterocycles. The van der Waals surface area contributed by atoms with E-state index in [-0.39, 0.29) is 24.4 Å². The minimum absolute atomic E-state index is 0.0883. The van der Waals surface area contributed by atoms with Crippen molar-refractivity contribution >= 4 is 62.9 Å². The number of anilines is 5. The number of thiazole rings is 1. The first-order chi connectivity index (χ1) is 23.3. The Labute approximate surface area is 287 Å². The van der Waals surface area contributed by atoms with Crippen molar-refractivity contribution in [3.63, 3.8) is 0 Å². The minimum Gasteiger partial charge on any atom is -0.493 e. The molecule has 2 N–H and O–H groups in total. The molecular formula is C34H36ClFN8O3S. The van der Waals surface area contributed by atoms with Gasteiger partial charge in [0.2, 0.25) is 5.91 Å². The van der Waals surface area contributed by atoms with Crippen molar-refractivity contribution in [2.75, 3.05) is 66.9 Å².